The highest BCUT2D eigenvalue weighted by Gasteiger charge is 2.29. The Morgan fingerprint density at radius 3 is 2.63 bits per heavy atom. The third-order valence-electron chi connectivity index (χ3n) is 4.11. The SMILES string of the molecule is CN(C)Cc1cc2c(c(I)c1O)CCCCC2(C)C. The standard InChI is InChI=1S/C16H24INO/c1-16(2)8-6-5-7-12-13(16)9-11(10-18(3)4)15(19)14(12)17/h9,19H,5-8,10H2,1-4H3. The fourth-order valence-electron chi connectivity index (χ4n) is 3.04. The van der Waals surface area contributed by atoms with E-state index in [-0.39, 0.29) is 5.41 Å². The molecule has 1 N–H and O–H groups in total. The number of hydrogen-bond donors (Lipinski definition) is 1. The van der Waals surface area contributed by atoms with Gasteiger partial charge in [0, 0.05) is 12.1 Å². The Hall–Kier alpha value is -0.290. The van der Waals surface area contributed by atoms with Crippen LogP contribution in [0.1, 0.15) is 49.8 Å². The molecule has 1 aliphatic carbocycles. The van der Waals surface area contributed by atoms with Crippen molar-refractivity contribution in [2.75, 3.05) is 14.1 Å². The third kappa shape index (κ3) is 3.07. The molecular formula is C16H24INO. The highest BCUT2D eigenvalue weighted by molar-refractivity contribution is 14.1. The molecule has 0 radical (unpaired) electrons. The number of benzene rings is 1. The molecule has 0 saturated carbocycles. The molecule has 0 amide bonds. The lowest BCUT2D eigenvalue weighted by molar-refractivity contribution is 0.383. The number of rotatable bonds is 2. The van der Waals surface area contributed by atoms with E-state index < -0.39 is 0 Å². The maximum absolute atomic E-state index is 10.4. The topological polar surface area (TPSA) is 23.5 Å². The summed E-state index contributed by atoms with van der Waals surface area (Å²) < 4.78 is 1.07. The predicted octanol–water partition coefficient (Wildman–Crippen LogP) is 4.06. The Balaban J connectivity index is 2.58. The fraction of sp³-hybridized carbons (Fsp3) is 0.625. The van der Waals surface area contributed by atoms with Crippen LogP contribution in [-0.2, 0) is 18.4 Å². The molecule has 0 aromatic heterocycles. The lowest BCUT2D eigenvalue weighted by atomic mass is 9.79. The van der Waals surface area contributed by atoms with E-state index in [0.29, 0.717) is 5.75 Å². The van der Waals surface area contributed by atoms with Crippen LogP contribution >= 0.6 is 22.6 Å². The van der Waals surface area contributed by atoms with E-state index in [4.69, 9.17) is 0 Å². The molecule has 1 aromatic carbocycles. The molecule has 0 bridgehead atoms. The predicted molar refractivity (Wildman–Crippen MR) is 88.8 cm³/mol. The summed E-state index contributed by atoms with van der Waals surface area (Å²) in [6.45, 7) is 5.47. The molecule has 19 heavy (non-hydrogen) atoms. The molecule has 0 spiro atoms. The van der Waals surface area contributed by atoms with Crippen LogP contribution in [0.3, 0.4) is 0 Å². The van der Waals surface area contributed by atoms with Crippen LogP contribution in [0.2, 0.25) is 0 Å². The number of phenols is 1. The molecule has 1 aliphatic rings. The summed E-state index contributed by atoms with van der Waals surface area (Å²) in [5.74, 6) is 0.491. The van der Waals surface area contributed by atoms with Crippen molar-refractivity contribution in [2.24, 2.45) is 0 Å². The molecule has 0 heterocycles. The van der Waals surface area contributed by atoms with Gasteiger partial charge in [0.25, 0.3) is 0 Å². The second-order valence-corrected chi connectivity index (χ2v) is 7.63. The maximum Gasteiger partial charge on any atom is 0.133 e. The number of halogens is 1. The third-order valence-corrected chi connectivity index (χ3v) is 5.28. The summed E-state index contributed by atoms with van der Waals surface area (Å²) >= 11 is 2.33. The minimum atomic E-state index is 0.223. The van der Waals surface area contributed by atoms with E-state index in [1.54, 1.807) is 0 Å². The minimum Gasteiger partial charge on any atom is -0.506 e. The first-order chi connectivity index (χ1) is 8.83. The van der Waals surface area contributed by atoms with Crippen LogP contribution in [-0.4, -0.2) is 24.1 Å². The first-order valence-corrected chi connectivity index (χ1v) is 8.09. The molecule has 0 saturated heterocycles. The summed E-state index contributed by atoms with van der Waals surface area (Å²) in [5, 5.41) is 10.4. The first kappa shape index (κ1) is 15.1. The molecule has 0 unspecified atom stereocenters. The van der Waals surface area contributed by atoms with Gasteiger partial charge in [-0.25, -0.2) is 0 Å². The van der Waals surface area contributed by atoms with Gasteiger partial charge >= 0.3 is 0 Å². The Morgan fingerprint density at radius 2 is 2.00 bits per heavy atom. The monoisotopic (exact) mass is 373 g/mol. The molecular weight excluding hydrogens is 349 g/mol. The zero-order chi connectivity index (χ0) is 14.2. The molecule has 0 fully saturated rings. The molecule has 2 rings (SSSR count). The van der Waals surface area contributed by atoms with Crippen LogP contribution in [0, 0.1) is 3.57 Å². The van der Waals surface area contributed by atoms with Crippen molar-refractivity contribution in [3.05, 3.63) is 26.3 Å². The number of nitrogens with zero attached hydrogens (tertiary/aromatic N) is 1. The van der Waals surface area contributed by atoms with Gasteiger partial charge in [0.1, 0.15) is 5.75 Å². The van der Waals surface area contributed by atoms with Gasteiger partial charge in [0.15, 0.2) is 0 Å². The zero-order valence-corrected chi connectivity index (χ0v) is 14.5. The highest BCUT2D eigenvalue weighted by Crippen LogP contribution is 2.41. The molecule has 106 valence electrons. The van der Waals surface area contributed by atoms with Crippen LogP contribution in [0.15, 0.2) is 6.07 Å². The summed E-state index contributed by atoms with van der Waals surface area (Å²) in [6.07, 6.45) is 4.86. The molecule has 3 heteroatoms. The van der Waals surface area contributed by atoms with Gasteiger partial charge in [0.2, 0.25) is 0 Å². The second-order valence-electron chi connectivity index (χ2n) is 6.55. The molecule has 0 aliphatic heterocycles. The van der Waals surface area contributed by atoms with E-state index in [9.17, 15) is 5.11 Å². The van der Waals surface area contributed by atoms with E-state index in [2.05, 4.69) is 47.4 Å². The van der Waals surface area contributed by atoms with Gasteiger partial charge in [0.05, 0.1) is 3.57 Å². The maximum atomic E-state index is 10.4. The number of aromatic hydroxyl groups is 1. The minimum absolute atomic E-state index is 0.223. The summed E-state index contributed by atoms with van der Waals surface area (Å²) in [5.41, 5.74) is 4.11. The van der Waals surface area contributed by atoms with E-state index >= 15 is 0 Å². The Morgan fingerprint density at radius 1 is 1.32 bits per heavy atom. The smallest absolute Gasteiger partial charge is 0.133 e. The fourth-order valence-corrected chi connectivity index (χ4v) is 3.95. The van der Waals surface area contributed by atoms with Gasteiger partial charge in [-0.3, -0.25) is 0 Å². The van der Waals surface area contributed by atoms with Gasteiger partial charge in [-0.05, 0) is 78.6 Å². The van der Waals surface area contributed by atoms with E-state index in [0.717, 1.165) is 22.1 Å². The van der Waals surface area contributed by atoms with Gasteiger partial charge in [-0.15, -0.1) is 0 Å². The van der Waals surface area contributed by atoms with Gasteiger partial charge in [-0.1, -0.05) is 20.3 Å². The Kier molecular flexibility index (Phi) is 4.45. The van der Waals surface area contributed by atoms with Crippen LogP contribution < -0.4 is 0 Å². The number of phenolic OH excluding ortho intramolecular Hbond substituents is 1. The van der Waals surface area contributed by atoms with Crippen molar-refractivity contribution < 1.29 is 5.11 Å². The Bertz CT molecular complexity index is 480. The van der Waals surface area contributed by atoms with Crippen LogP contribution in [0.4, 0.5) is 0 Å². The van der Waals surface area contributed by atoms with Crippen molar-refractivity contribution in [3.8, 4) is 5.75 Å². The van der Waals surface area contributed by atoms with Crippen molar-refractivity contribution in [1.29, 1.82) is 0 Å². The second kappa shape index (κ2) is 5.60. The number of hydrogen-bond acceptors (Lipinski definition) is 2. The summed E-state index contributed by atoms with van der Waals surface area (Å²) in [4.78, 5) is 2.11. The van der Waals surface area contributed by atoms with Crippen molar-refractivity contribution in [1.82, 2.24) is 4.90 Å². The quantitative estimate of drug-likeness (QED) is 0.624. The van der Waals surface area contributed by atoms with E-state index in [1.807, 2.05) is 14.1 Å². The van der Waals surface area contributed by atoms with Crippen molar-refractivity contribution in [3.63, 3.8) is 0 Å². The van der Waals surface area contributed by atoms with Crippen LogP contribution in [0.25, 0.3) is 0 Å². The average molecular weight is 373 g/mol. The van der Waals surface area contributed by atoms with Crippen LogP contribution in [0.5, 0.6) is 5.75 Å². The summed E-state index contributed by atoms with van der Waals surface area (Å²) in [7, 11) is 4.09. The van der Waals surface area contributed by atoms with Crippen molar-refractivity contribution in [2.45, 2.75) is 51.5 Å². The summed E-state index contributed by atoms with van der Waals surface area (Å²) in [6, 6.07) is 2.25. The molecule has 0 atom stereocenters. The lowest BCUT2D eigenvalue weighted by Gasteiger charge is -2.28. The molecule has 1 aromatic rings. The number of fused-ring (bicyclic) bond motifs is 1. The zero-order valence-electron chi connectivity index (χ0n) is 12.4. The van der Waals surface area contributed by atoms with E-state index in [1.165, 1.54) is 30.4 Å². The van der Waals surface area contributed by atoms with Crippen molar-refractivity contribution >= 4 is 22.6 Å². The lowest BCUT2D eigenvalue weighted by Crippen LogP contribution is -2.20. The highest BCUT2D eigenvalue weighted by atomic mass is 127. The largest absolute Gasteiger partial charge is 0.506 e. The normalized spacial score (nSPS) is 18.2. The van der Waals surface area contributed by atoms with Gasteiger partial charge in [-0.2, -0.15) is 0 Å². The van der Waals surface area contributed by atoms with Gasteiger partial charge < -0.3 is 10.0 Å². The molecule has 2 nitrogen and oxygen atoms in total. The Labute approximate surface area is 130 Å². The first-order valence-electron chi connectivity index (χ1n) is 7.01. The average Bonchev–Trinajstić information content (AvgIpc) is 2.45.